The summed E-state index contributed by atoms with van der Waals surface area (Å²) in [6.45, 7) is 3.78. The number of nitrogens with zero attached hydrogens (tertiary/aromatic N) is 2. The van der Waals surface area contributed by atoms with Gasteiger partial charge in [-0.3, -0.25) is 9.69 Å². The molecule has 5 nitrogen and oxygen atoms in total. The second-order valence-corrected chi connectivity index (χ2v) is 4.24. The predicted molar refractivity (Wildman–Crippen MR) is 59.5 cm³/mol. The lowest BCUT2D eigenvalue weighted by molar-refractivity contribution is -0.122. The highest BCUT2D eigenvalue weighted by Crippen LogP contribution is 2.22. The zero-order valence-corrected chi connectivity index (χ0v) is 9.65. The maximum atomic E-state index is 11.5. The topological polar surface area (TPSA) is 76.4 Å². The first-order valence-corrected chi connectivity index (χ1v) is 5.67. The van der Waals surface area contributed by atoms with E-state index >= 15 is 0 Å². The first-order valence-electron chi connectivity index (χ1n) is 5.67. The molecule has 0 aromatic heterocycles. The van der Waals surface area contributed by atoms with Crippen LogP contribution < -0.4 is 5.32 Å². The molecule has 0 spiro atoms. The van der Waals surface area contributed by atoms with Gasteiger partial charge in [-0.15, -0.1) is 0 Å². The standard InChI is InChI=1S/C11H19N3O2/c1-9-3-6-14(10(9)8-15)7-11(16)13-5-2-4-12/h9-10,15H,2-3,5-8H2,1H3,(H,13,16). The molecule has 1 heterocycles. The minimum atomic E-state index is -0.0669. The van der Waals surface area contributed by atoms with Crippen molar-refractivity contribution < 1.29 is 9.90 Å². The van der Waals surface area contributed by atoms with Gasteiger partial charge < -0.3 is 10.4 Å². The lowest BCUT2D eigenvalue weighted by Gasteiger charge is -2.24. The maximum Gasteiger partial charge on any atom is 0.234 e. The smallest absolute Gasteiger partial charge is 0.234 e. The number of nitrogens with one attached hydrogen (secondary N) is 1. The number of aliphatic hydroxyl groups excluding tert-OH is 1. The zero-order chi connectivity index (χ0) is 12.0. The van der Waals surface area contributed by atoms with Crippen LogP contribution in [0.1, 0.15) is 19.8 Å². The quantitative estimate of drug-likeness (QED) is 0.631. The summed E-state index contributed by atoms with van der Waals surface area (Å²) in [4.78, 5) is 13.5. The molecule has 16 heavy (non-hydrogen) atoms. The predicted octanol–water partition coefficient (Wildman–Crippen LogP) is -0.281. The molecule has 0 bridgehead atoms. The Kier molecular flexibility index (Phi) is 5.23. The zero-order valence-electron chi connectivity index (χ0n) is 9.65. The average Bonchev–Trinajstić information content (AvgIpc) is 2.59. The molecule has 1 aliphatic heterocycles. The van der Waals surface area contributed by atoms with Gasteiger partial charge in [0.1, 0.15) is 0 Å². The Morgan fingerprint density at radius 1 is 1.69 bits per heavy atom. The normalized spacial score (nSPS) is 25.3. The molecule has 0 radical (unpaired) electrons. The summed E-state index contributed by atoms with van der Waals surface area (Å²) in [6.07, 6.45) is 1.36. The molecular formula is C11H19N3O2. The average molecular weight is 225 g/mol. The van der Waals surface area contributed by atoms with Gasteiger partial charge in [-0.05, 0) is 18.9 Å². The van der Waals surface area contributed by atoms with E-state index in [4.69, 9.17) is 5.26 Å². The van der Waals surface area contributed by atoms with E-state index in [0.717, 1.165) is 13.0 Å². The van der Waals surface area contributed by atoms with Crippen molar-refractivity contribution in [1.29, 1.82) is 5.26 Å². The molecular weight excluding hydrogens is 206 g/mol. The van der Waals surface area contributed by atoms with Gasteiger partial charge in [0.25, 0.3) is 0 Å². The number of aliphatic hydroxyl groups is 1. The monoisotopic (exact) mass is 225 g/mol. The van der Waals surface area contributed by atoms with Gasteiger partial charge in [0.15, 0.2) is 0 Å². The van der Waals surface area contributed by atoms with Crippen molar-refractivity contribution in [2.24, 2.45) is 5.92 Å². The molecule has 5 heteroatoms. The summed E-state index contributed by atoms with van der Waals surface area (Å²) in [6, 6.07) is 2.07. The fourth-order valence-corrected chi connectivity index (χ4v) is 2.08. The van der Waals surface area contributed by atoms with Crippen molar-refractivity contribution in [3.8, 4) is 6.07 Å². The summed E-state index contributed by atoms with van der Waals surface area (Å²) in [5, 5.41) is 20.2. The third-order valence-electron chi connectivity index (χ3n) is 3.09. The van der Waals surface area contributed by atoms with Crippen LogP contribution in [0.4, 0.5) is 0 Å². The van der Waals surface area contributed by atoms with Gasteiger partial charge >= 0.3 is 0 Å². The molecule has 2 N–H and O–H groups in total. The van der Waals surface area contributed by atoms with Crippen LogP contribution in [-0.4, -0.2) is 48.2 Å². The number of amides is 1. The van der Waals surface area contributed by atoms with Crippen molar-refractivity contribution >= 4 is 5.91 Å². The summed E-state index contributed by atoms with van der Waals surface area (Å²) >= 11 is 0. The molecule has 90 valence electrons. The van der Waals surface area contributed by atoms with E-state index in [9.17, 15) is 9.90 Å². The molecule has 1 aliphatic rings. The minimum Gasteiger partial charge on any atom is -0.395 e. The van der Waals surface area contributed by atoms with Gasteiger partial charge in [0.05, 0.1) is 25.6 Å². The van der Waals surface area contributed by atoms with Crippen LogP contribution in [-0.2, 0) is 4.79 Å². The van der Waals surface area contributed by atoms with Gasteiger partial charge in [-0.2, -0.15) is 5.26 Å². The van der Waals surface area contributed by atoms with Crippen LogP contribution in [0.2, 0.25) is 0 Å². The fourth-order valence-electron chi connectivity index (χ4n) is 2.08. The maximum absolute atomic E-state index is 11.5. The Morgan fingerprint density at radius 2 is 2.44 bits per heavy atom. The van der Waals surface area contributed by atoms with Crippen molar-refractivity contribution in [1.82, 2.24) is 10.2 Å². The van der Waals surface area contributed by atoms with Gasteiger partial charge in [-0.25, -0.2) is 0 Å². The molecule has 1 rings (SSSR count). The van der Waals surface area contributed by atoms with E-state index in [1.807, 2.05) is 11.0 Å². The Balaban J connectivity index is 2.31. The summed E-state index contributed by atoms with van der Waals surface area (Å²) in [5.41, 5.74) is 0. The molecule has 0 aromatic carbocycles. The molecule has 2 unspecified atom stereocenters. The second kappa shape index (κ2) is 6.46. The molecule has 1 saturated heterocycles. The van der Waals surface area contributed by atoms with E-state index in [2.05, 4.69) is 12.2 Å². The number of nitriles is 1. The number of rotatable bonds is 5. The Bertz CT molecular complexity index is 275. The van der Waals surface area contributed by atoms with Crippen LogP contribution in [0, 0.1) is 17.2 Å². The van der Waals surface area contributed by atoms with E-state index in [1.165, 1.54) is 0 Å². The highest BCUT2D eigenvalue weighted by Gasteiger charge is 2.31. The van der Waals surface area contributed by atoms with Gasteiger partial charge in [0.2, 0.25) is 5.91 Å². The summed E-state index contributed by atoms with van der Waals surface area (Å²) in [7, 11) is 0. The molecule has 2 atom stereocenters. The number of carbonyl (C=O) groups excluding carboxylic acids is 1. The third-order valence-corrected chi connectivity index (χ3v) is 3.09. The fraction of sp³-hybridized carbons (Fsp3) is 0.818. The summed E-state index contributed by atoms with van der Waals surface area (Å²) < 4.78 is 0. The Hall–Kier alpha value is -1.12. The number of carbonyl (C=O) groups is 1. The van der Waals surface area contributed by atoms with E-state index in [1.54, 1.807) is 0 Å². The van der Waals surface area contributed by atoms with Crippen molar-refractivity contribution in [3.05, 3.63) is 0 Å². The molecule has 0 aromatic rings. The minimum absolute atomic E-state index is 0.0669. The van der Waals surface area contributed by atoms with E-state index in [-0.39, 0.29) is 18.6 Å². The first kappa shape index (κ1) is 12.9. The van der Waals surface area contributed by atoms with Crippen LogP contribution in [0.15, 0.2) is 0 Å². The second-order valence-electron chi connectivity index (χ2n) is 4.24. The van der Waals surface area contributed by atoms with Crippen LogP contribution in [0.3, 0.4) is 0 Å². The first-order chi connectivity index (χ1) is 7.69. The SMILES string of the molecule is CC1CCN(CC(=O)NCCC#N)C1CO. The lowest BCUT2D eigenvalue weighted by Crippen LogP contribution is -2.42. The highest BCUT2D eigenvalue weighted by atomic mass is 16.3. The largest absolute Gasteiger partial charge is 0.395 e. The molecule has 1 fully saturated rings. The molecule has 1 amide bonds. The van der Waals surface area contributed by atoms with Crippen LogP contribution >= 0.6 is 0 Å². The van der Waals surface area contributed by atoms with Crippen molar-refractivity contribution in [2.75, 3.05) is 26.2 Å². The molecule has 0 aliphatic carbocycles. The van der Waals surface area contributed by atoms with Crippen LogP contribution in [0.5, 0.6) is 0 Å². The lowest BCUT2D eigenvalue weighted by atomic mass is 10.0. The number of hydrogen-bond donors (Lipinski definition) is 2. The molecule has 0 saturated carbocycles. The Morgan fingerprint density at radius 3 is 3.06 bits per heavy atom. The number of hydrogen-bond acceptors (Lipinski definition) is 4. The van der Waals surface area contributed by atoms with Crippen molar-refractivity contribution in [2.45, 2.75) is 25.8 Å². The highest BCUT2D eigenvalue weighted by molar-refractivity contribution is 5.78. The summed E-state index contributed by atoms with van der Waals surface area (Å²) in [5.74, 6) is 0.375. The van der Waals surface area contributed by atoms with Crippen LogP contribution in [0.25, 0.3) is 0 Å². The van der Waals surface area contributed by atoms with Gasteiger partial charge in [-0.1, -0.05) is 6.92 Å². The van der Waals surface area contributed by atoms with E-state index in [0.29, 0.717) is 25.4 Å². The van der Waals surface area contributed by atoms with Crippen molar-refractivity contribution in [3.63, 3.8) is 0 Å². The Labute approximate surface area is 96.0 Å². The number of likely N-dealkylation sites (tertiary alicyclic amines) is 1. The third kappa shape index (κ3) is 3.47. The van der Waals surface area contributed by atoms with Gasteiger partial charge in [0, 0.05) is 12.6 Å². The van der Waals surface area contributed by atoms with E-state index < -0.39 is 0 Å².